The SMILES string of the molecule is Cc1cc(C2CC2CN)c(C)n1CC(C)C. The molecule has 2 atom stereocenters. The zero-order chi connectivity index (χ0) is 11.9. The molecule has 0 saturated heterocycles. The number of aryl methyl sites for hydroxylation is 1. The summed E-state index contributed by atoms with van der Waals surface area (Å²) in [4.78, 5) is 0. The van der Waals surface area contributed by atoms with Gasteiger partial charge in [0, 0.05) is 17.9 Å². The molecule has 1 fully saturated rings. The average Bonchev–Trinajstić information content (AvgIpc) is 2.95. The Morgan fingerprint density at radius 2 is 2.12 bits per heavy atom. The van der Waals surface area contributed by atoms with Crippen LogP contribution in [0.15, 0.2) is 6.07 Å². The van der Waals surface area contributed by atoms with E-state index < -0.39 is 0 Å². The van der Waals surface area contributed by atoms with Crippen LogP contribution in [0.5, 0.6) is 0 Å². The van der Waals surface area contributed by atoms with Crippen molar-refractivity contribution in [2.24, 2.45) is 17.6 Å². The molecule has 1 aromatic rings. The van der Waals surface area contributed by atoms with Crippen molar-refractivity contribution in [2.45, 2.75) is 46.6 Å². The number of hydrogen-bond acceptors (Lipinski definition) is 1. The standard InChI is InChI=1S/C14H24N2/c1-9(2)8-16-10(3)5-13(11(16)4)14-6-12(14)7-15/h5,9,12,14H,6-8,15H2,1-4H3. The van der Waals surface area contributed by atoms with Gasteiger partial charge in [-0.05, 0) is 56.2 Å². The van der Waals surface area contributed by atoms with E-state index in [0.717, 1.165) is 24.9 Å². The molecular formula is C14H24N2. The molecule has 0 aliphatic heterocycles. The first-order valence-electron chi connectivity index (χ1n) is 6.41. The summed E-state index contributed by atoms with van der Waals surface area (Å²) in [5.41, 5.74) is 10.2. The number of aromatic nitrogens is 1. The van der Waals surface area contributed by atoms with Crippen molar-refractivity contribution in [3.63, 3.8) is 0 Å². The van der Waals surface area contributed by atoms with Crippen molar-refractivity contribution >= 4 is 0 Å². The maximum atomic E-state index is 5.73. The van der Waals surface area contributed by atoms with Gasteiger partial charge in [0.25, 0.3) is 0 Å². The molecule has 1 saturated carbocycles. The first kappa shape index (κ1) is 11.7. The molecule has 0 aromatic carbocycles. The predicted octanol–water partition coefficient (Wildman–Crippen LogP) is 2.82. The van der Waals surface area contributed by atoms with Crippen molar-refractivity contribution in [3.8, 4) is 0 Å². The Bertz CT molecular complexity index is 376. The average molecular weight is 220 g/mol. The van der Waals surface area contributed by atoms with Crippen molar-refractivity contribution in [1.29, 1.82) is 0 Å². The van der Waals surface area contributed by atoms with Crippen LogP contribution in [-0.2, 0) is 6.54 Å². The van der Waals surface area contributed by atoms with Crippen molar-refractivity contribution in [1.82, 2.24) is 4.57 Å². The summed E-state index contributed by atoms with van der Waals surface area (Å²) in [6, 6.07) is 2.37. The van der Waals surface area contributed by atoms with E-state index in [1.807, 2.05) is 0 Å². The fourth-order valence-electron chi connectivity index (χ4n) is 2.74. The van der Waals surface area contributed by atoms with Gasteiger partial charge in [-0.25, -0.2) is 0 Å². The summed E-state index contributed by atoms with van der Waals surface area (Å²) in [7, 11) is 0. The van der Waals surface area contributed by atoms with Crippen LogP contribution >= 0.6 is 0 Å². The van der Waals surface area contributed by atoms with E-state index in [9.17, 15) is 0 Å². The Morgan fingerprint density at radius 1 is 1.44 bits per heavy atom. The highest BCUT2D eigenvalue weighted by molar-refractivity contribution is 5.34. The minimum absolute atomic E-state index is 0.710. The first-order valence-corrected chi connectivity index (χ1v) is 6.41. The van der Waals surface area contributed by atoms with E-state index in [0.29, 0.717) is 5.92 Å². The third-order valence-corrected chi connectivity index (χ3v) is 3.79. The lowest BCUT2D eigenvalue weighted by Crippen LogP contribution is -2.08. The van der Waals surface area contributed by atoms with Gasteiger partial charge >= 0.3 is 0 Å². The van der Waals surface area contributed by atoms with Gasteiger partial charge in [-0.2, -0.15) is 0 Å². The number of rotatable bonds is 4. The lowest BCUT2D eigenvalue weighted by molar-refractivity contribution is 0.508. The molecule has 90 valence electrons. The molecule has 0 spiro atoms. The summed E-state index contributed by atoms with van der Waals surface area (Å²) < 4.78 is 2.46. The Labute approximate surface area is 98.8 Å². The third-order valence-electron chi connectivity index (χ3n) is 3.79. The summed E-state index contributed by atoms with van der Waals surface area (Å²) in [5.74, 6) is 2.20. The zero-order valence-electron chi connectivity index (χ0n) is 11.0. The monoisotopic (exact) mass is 220 g/mol. The molecule has 0 radical (unpaired) electrons. The summed E-state index contributed by atoms with van der Waals surface area (Å²) in [6.07, 6.45) is 1.29. The molecule has 1 aromatic heterocycles. The van der Waals surface area contributed by atoms with E-state index in [2.05, 4.69) is 38.3 Å². The van der Waals surface area contributed by atoms with Gasteiger partial charge in [-0.1, -0.05) is 13.8 Å². The Balaban J connectivity index is 2.22. The lowest BCUT2D eigenvalue weighted by atomic mass is 10.1. The number of nitrogens with zero attached hydrogens (tertiary/aromatic N) is 1. The minimum Gasteiger partial charge on any atom is -0.349 e. The minimum atomic E-state index is 0.710. The molecular weight excluding hydrogens is 196 g/mol. The van der Waals surface area contributed by atoms with Crippen molar-refractivity contribution in [2.75, 3.05) is 6.54 Å². The normalized spacial score (nSPS) is 24.1. The van der Waals surface area contributed by atoms with E-state index in [1.165, 1.54) is 17.8 Å². The Kier molecular flexibility index (Phi) is 3.11. The van der Waals surface area contributed by atoms with Gasteiger partial charge in [0.15, 0.2) is 0 Å². The summed E-state index contributed by atoms with van der Waals surface area (Å²) in [5, 5.41) is 0. The highest BCUT2D eigenvalue weighted by Gasteiger charge is 2.38. The van der Waals surface area contributed by atoms with E-state index >= 15 is 0 Å². The molecule has 2 heteroatoms. The molecule has 1 aliphatic rings. The molecule has 0 bridgehead atoms. The van der Waals surface area contributed by atoms with Crippen LogP contribution in [0.1, 0.15) is 43.1 Å². The Hall–Kier alpha value is -0.760. The Morgan fingerprint density at radius 3 is 2.62 bits per heavy atom. The molecule has 16 heavy (non-hydrogen) atoms. The van der Waals surface area contributed by atoms with Crippen LogP contribution < -0.4 is 5.73 Å². The first-order chi connectivity index (χ1) is 7.54. The second-order valence-electron chi connectivity index (χ2n) is 5.67. The zero-order valence-corrected chi connectivity index (χ0v) is 11.0. The fraction of sp³-hybridized carbons (Fsp3) is 0.714. The maximum absolute atomic E-state index is 5.73. The number of hydrogen-bond donors (Lipinski definition) is 1. The van der Waals surface area contributed by atoms with Crippen LogP contribution in [0.2, 0.25) is 0 Å². The molecule has 0 amide bonds. The third kappa shape index (κ3) is 2.03. The highest BCUT2D eigenvalue weighted by atomic mass is 15.0. The van der Waals surface area contributed by atoms with Gasteiger partial charge in [0.05, 0.1) is 0 Å². The second kappa shape index (κ2) is 4.25. The van der Waals surface area contributed by atoms with E-state index in [4.69, 9.17) is 5.73 Å². The van der Waals surface area contributed by atoms with Crippen molar-refractivity contribution in [3.05, 3.63) is 23.0 Å². The van der Waals surface area contributed by atoms with Crippen LogP contribution in [0.4, 0.5) is 0 Å². The van der Waals surface area contributed by atoms with E-state index in [1.54, 1.807) is 5.56 Å². The topological polar surface area (TPSA) is 30.9 Å². The van der Waals surface area contributed by atoms with Crippen molar-refractivity contribution < 1.29 is 0 Å². The molecule has 1 aliphatic carbocycles. The van der Waals surface area contributed by atoms with Gasteiger partial charge in [0.1, 0.15) is 0 Å². The van der Waals surface area contributed by atoms with Gasteiger partial charge in [-0.3, -0.25) is 0 Å². The second-order valence-corrected chi connectivity index (χ2v) is 5.67. The quantitative estimate of drug-likeness (QED) is 0.831. The van der Waals surface area contributed by atoms with E-state index in [-0.39, 0.29) is 0 Å². The van der Waals surface area contributed by atoms with Gasteiger partial charge in [0.2, 0.25) is 0 Å². The molecule has 2 unspecified atom stereocenters. The molecule has 2 N–H and O–H groups in total. The van der Waals surface area contributed by atoms with Gasteiger partial charge in [-0.15, -0.1) is 0 Å². The molecule has 1 heterocycles. The smallest absolute Gasteiger partial charge is 0.0247 e. The predicted molar refractivity (Wildman–Crippen MR) is 68.6 cm³/mol. The largest absolute Gasteiger partial charge is 0.349 e. The van der Waals surface area contributed by atoms with Gasteiger partial charge < -0.3 is 10.3 Å². The summed E-state index contributed by atoms with van der Waals surface area (Å²) >= 11 is 0. The highest BCUT2D eigenvalue weighted by Crippen LogP contribution is 2.48. The van der Waals surface area contributed by atoms with Crippen LogP contribution in [-0.4, -0.2) is 11.1 Å². The molecule has 2 nitrogen and oxygen atoms in total. The fourth-order valence-corrected chi connectivity index (χ4v) is 2.74. The van der Waals surface area contributed by atoms with Crippen LogP contribution in [0, 0.1) is 25.7 Å². The maximum Gasteiger partial charge on any atom is 0.0247 e. The van der Waals surface area contributed by atoms with Crippen LogP contribution in [0.25, 0.3) is 0 Å². The summed E-state index contributed by atoms with van der Waals surface area (Å²) in [6.45, 7) is 11.0. The van der Waals surface area contributed by atoms with Crippen LogP contribution in [0.3, 0.4) is 0 Å². The molecule has 2 rings (SSSR count). The lowest BCUT2D eigenvalue weighted by Gasteiger charge is -2.12. The number of nitrogens with two attached hydrogens (primary N) is 1.